The van der Waals surface area contributed by atoms with E-state index in [1.807, 2.05) is 36.4 Å². The van der Waals surface area contributed by atoms with Crippen molar-refractivity contribution >= 4 is 12.4 Å². The van der Waals surface area contributed by atoms with Crippen molar-refractivity contribution in [3.05, 3.63) is 114 Å². The number of nitrogens with zero attached hydrogens (tertiary/aromatic N) is 1. The van der Waals surface area contributed by atoms with Gasteiger partial charge in [-0.05, 0) is 46.5 Å². The van der Waals surface area contributed by atoms with Gasteiger partial charge < -0.3 is 19.3 Å². The number of carbonyl (C=O) groups is 2. The fraction of sp³-hybridized carbons (Fsp3) is 0.188. The van der Waals surface area contributed by atoms with Crippen molar-refractivity contribution in [1.29, 1.82) is 0 Å². The fourth-order valence-electron chi connectivity index (χ4n) is 5.17. The first-order valence-corrected chi connectivity index (χ1v) is 12.8. The molecule has 2 atom stereocenters. The predicted octanol–water partition coefficient (Wildman–Crippen LogP) is 5.48. The number of amides is 1. The van der Waals surface area contributed by atoms with Gasteiger partial charge in [-0.15, -0.1) is 0 Å². The molecule has 0 radical (unpaired) electrons. The van der Waals surface area contributed by atoms with Crippen LogP contribution >= 0.6 is 0 Å². The highest BCUT2D eigenvalue weighted by molar-refractivity contribution is 5.79. The van der Waals surface area contributed by atoms with Gasteiger partial charge in [0.1, 0.15) is 23.3 Å². The zero-order valence-corrected chi connectivity index (χ0v) is 22.1. The van der Waals surface area contributed by atoms with Crippen molar-refractivity contribution in [2.45, 2.75) is 18.1 Å². The van der Waals surface area contributed by atoms with Crippen LogP contribution in [0.5, 0.6) is 17.2 Å². The molecule has 204 valence electrons. The summed E-state index contributed by atoms with van der Waals surface area (Å²) in [5.41, 5.74) is 4.74. The number of rotatable bonds is 12. The molecule has 8 heteroatoms. The summed E-state index contributed by atoms with van der Waals surface area (Å²) in [6.07, 6.45) is -1.05. The van der Waals surface area contributed by atoms with E-state index in [4.69, 9.17) is 19.0 Å². The molecule has 1 amide bonds. The Morgan fingerprint density at radius 2 is 1.48 bits per heavy atom. The Morgan fingerprint density at radius 1 is 0.850 bits per heavy atom. The number of hydrogen-bond acceptors (Lipinski definition) is 6. The Labute approximate surface area is 232 Å². The Bertz CT molecular complexity index is 1440. The zero-order valence-electron chi connectivity index (χ0n) is 22.1. The predicted molar refractivity (Wildman–Crippen MR) is 148 cm³/mol. The van der Waals surface area contributed by atoms with Gasteiger partial charge in [0, 0.05) is 17.5 Å². The Morgan fingerprint density at radius 3 is 2.05 bits per heavy atom. The van der Waals surface area contributed by atoms with E-state index in [1.54, 1.807) is 48.5 Å². The van der Waals surface area contributed by atoms with Gasteiger partial charge in [-0.3, -0.25) is 9.63 Å². The second-order valence-electron chi connectivity index (χ2n) is 9.23. The van der Waals surface area contributed by atoms with E-state index in [2.05, 4.69) is 12.1 Å². The van der Waals surface area contributed by atoms with E-state index in [0.29, 0.717) is 29.2 Å². The van der Waals surface area contributed by atoms with Crippen LogP contribution in [0.25, 0.3) is 11.1 Å². The van der Waals surface area contributed by atoms with E-state index in [9.17, 15) is 14.7 Å². The van der Waals surface area contributed by atoms with Gasteiger partial charge in [-0.1, -0.05) is 66.7 Å². The number of carboxylic acids is 1. The third-order valence-electron chi connectivity index (χ3n) is 7.03. The smallest absolute Gasteiger partial charge is 0.347 e. The Hall–Kier alpha value is -4.82. The highest BCUT2D eigenvalue weighted by Crippen LogP contribution is 2.45. The van der Waals surface area contributed by atoms with E-state index in [1.165, 1.54) is 14.2 Å². The number of benzene rings is 4. The average molecular weight is 540 g/mol. The van der Waals surface area contributed by atoms with Gasteiger partial charge in [0.25, 0.3) is 0 Å². The molecule has 0 spiro atoms. The topological polar surface area (TPSA) is 94.5 Å². The first kappa shape index (κ1) is 26.8. The average Bonchev–Trinajstić information content (AvgIpc) is 3.32. The fourth-order valence-corrected chi connectivity index (χ4v) is 5.17. The number of hydrogen-bond donors (Lipinski definition) is 1. The van der Waals surface area contributed by atoms with Crippen LogP contribution in [0.4, 0.5) is 0 Å². The molecule has 4 aromatic rings. The van der Waals surface area contributed by atoms with Crippen LogP contribution in [0.3, 0.4) is 0 Å². The lowest BCUT2D eigenvalue weighted by atomic mass is 9.98. The first-order chi connectivity index (χ1) is 19.5. The number of methoxy groups -OCH3 is 2. The molecule has 40 heavy (non-hydrogen) atoms. The molecule has 1 aliphatic rings. The quantitative estimate of drug-likeness (QED) is 0.188. The Balaban J connectivity index is 1.53. The summed E-state index contributed by atoms with van der Waals surface area (Å²) in [6, 6.07) is 28.4. The van der Waals surface area contributed by atoms with Crippen molar-refractivity contribution < 1.29 is 33.7 Å². The third-order valence-corrected chi connectivity index (χ3v) is 7.03. The summed E-state index contributed by atoms with van der Waals surface area (Å²) in [6.45, 7) is 0.0966. The lowest BCUT2D eigenvalue weighted by molar-refractivity contribution is -0.203. The van der Waals surface area contributed by atoms with Gasteiger partial charge >= 0.3 is 5.97 Å². The third kappa shape index (κ3) is 5.21. The second-order valence-corrected chi connectivity index (χ2v) is 9.23. The highest BCUT2D eigenvalue weighted by Gasteiger charge is 2.40. The molecule has 0 saturated heterocycles. The SMILES string of the molecule is COc1ccc(C(C(Oc2ccccc2)C(=O)O)N(C=O)OCC2c3ccccc3-c3ccccc32)c(OC)c1. The highest BCUT2D eigenvalue weighted by atomic mass is 16.7. The number of carbonyl (C=O) groups excluding carboxylic acids is 1. The standard InChI is InChI=1S/C32H29NO7/c1-37-22-16-17-27(29(18-22)38-2)30(31(32(35)36)40-21-10-4-3-5-11-21)33(20-34)39-19-28-25-14-8-6-12-23(25)24-13-7-9-15-26(24)28/h3-18,20,28,30-31H,19H2,1-2H3,(H,35,36). The second kappa shape index (κ2) is 11.9. The molecular formula is C32H29NO7. The molecule has 1 aliphatic carbocycles. The maximum Gasteiger partial charge on any atom is 0.347 e. The number of para-hydroxylation sites is 1. The summed E-state index contributed by atoms with van der Waals surface area (Å²) in [7, 11) is 2.98. The molecule has 0 saturated carbocycles. The van der Waals surface area contributed by atoms with Crippen LogP contribution in [-0.2, 0) is 14.4 Å². The van der Waals surface area contributed by atoms with Crippen molar-refractivity contribution in [2.75, 3.05) is 20.8 Å². The molecule has 0 aliphatic heterocycles. The largest absolute Gasteiger partial charge is 0.497 e. The van der Waals surface area contributed by atoms with E-state index in [-0.39, 0.29) is 12.5 Å². The minimum Gasteiger partial charge on any atom is -0.497 e. The minimum atomic E-state index is -1.53. The first-order valence-electron chi connectivity index (χ1n) is 12.8. The summed E-state index contributed by atoms with van der Waals surface area (Å²) in [5.74, 6) is -0.283. The van der Waals surface area contributed by atoms with Crippen molar-refractivity contribution in [3.8, 4) is 28.4 Å². The molecular weight excluding hydrogens is 510 g/mol. The number of carboxylic acid groups (broad SMARTS) is 1. The molecule has 1 N–H and O–H groups in total. The molecule has 5 rings (SSSR count). The summed E-state index contributed by atoms with van der Waals surface area (Å²) >= 11 is 0. The lowest BCUT2D eigenvalue weighted by Gasteiger charge is -2.33. The normalized spacial score (nSPS) is 13.4. The summed E-state index contributed by atoms with van der Waals surface area (Å²) in [4.78, 5) is 31.4. The molecule has 0 heterocycles. The van der Waals surface area contributed by atoms with Gasteiger partial charge in [0.2, 0.25) is 12.5 Å². The maximum absolute atomic E-state index is 12.7. The lowest BCUT2D eigenvalue weighted by Crippen LogP contribution is -2.44. The number of fused-ring (bicyclic) bond motifs is 3. The molecule has 0 aromatic heterocycles. The number of ether oxygens (including phenoxy) is 3. The zero-order chi connectivity index (χ0) is 28.1. The van der Waals surface area contributed by atoms with Crippen molar-refractivity contribution in [1.82, 2.24) is 5.06 Å². The maximum atomic E-state index is 12.7. The molecule has 4 aromatic carbocycles. The van der Waals surface area contributed by atoms with Crippen molar-refractivity contribution in [3.63, 3.8) is 0 Å². The number of aliphatic carboxylic acids is 1. The molecule has 0 fully saturated rings. The summed E-state index contributed by atoms with van der Waals surface area (Å²) < 4.78 is 16.9. The van der Waals surface area contributed by atoms with Crippen LogP contribution in [0, 0.1) is 0 Å². The van der Waals surface area contributed by atoms with E-state index < -0.39 is 18.1 Å². The molecule has 2 unspecified atom stereocenters. The van der Waals surface area contributed by atoms with Crippen LogP contribution < -0.4 is 14.2 Å². The molecule has 8 nitrogen and oxygen atoms in total. The van der Waals surface area contributed by atoms with Gasteiger partial charge in [-0.2, -0.15) is 0 Å². The Kier molecular flexibility index (Phi) is 7.98. The van der Waals surface area contributed by atoms with Gasteiger partial charge in [0.05, 0.1) is 20.8 Å². The van der Waals surface area contributed by atoms with E-state index in [0.717, 1.165) is 27.3 Å². The minimum absolute atomic E-state index is 0.0966. The van der Waals surface area contributed by atoms with Crippen LogP contribution in [0.2, 0.25) is 0 Å². The van der Waals surface area contributed by atoms with E-state index >= 15 is 0 Å². The number of hydroxylamine groups is 2. The van der Waals surface area contributed by atoms with Crippen LogP contribution in [-0.4, -0.2) is 49.5 Å². The van der Waals surface area contributed by atoms with Crippen molar-refractivity contribution in [2.24, 2.45) is 0 Å². The summed E-state index contributed by atoms with van der Waals surface area (Å²) in [5, 5.41) is 11.3. The molecule has 0 bridgehead atoms. The monoisotopic (exact) mass is 539 g/mol. The van der Waals surface area contributed by atoms with Crippen LogP contribution in [0.1, 0.15) is 28.7 Å². The van der Waals surface area contributed by atoms with Gasteiger partial charge in [-0.25, -0.2) is 9.86 Å². The van der Waals surface area contributed by atoms with Gasteiger partial charge in [0.15, 0.2) is 0 Å². The van der Waals surface area contributed by atoms with Crippen LogP contribution in [0.15, 0.2) is 97.1 Å².